The van der Waals surface area contributed by atoms with Gasteiger partial charge in [0.1, 0.15) is 11.6 Å². The zero-order chi connectivity index (χ0) is 13.9. The number of nitrogens with zero attached hydrogens (tertiary/aromatic N) is 2. The van der Waals surface area contributed by atoms with Crippen molar-refractivity contribution >= 4 is 16.8 Å². The summed E-state index contributed by atoms with van der Waals surface area (Å²) in [5.74, 6) is 1.02. The highest BCUT2D eigenvalue weighted by Crippen LogP contribution is 2.15. The van der Waals surface area contributed by atoms with Crippen LogP contribution >= 0.6 is 0 Å². The second kappa shape index (κ2) is 5.29. The fourth-order valence-corrected chi connectivity index (χ4v) is 2.42. The Morgan fingerprint density at radius 3 is 2.45 bits per heavy atom. The molecule has 0 bridgehead atoms. The summed E-state index contributed by atoms with van der Waals surface area (Å²) in [5.41, 5.74) is 3.06. The second-order valence-corrected chi connectivity index (χ2v) is 4.95. The third-order valence-corrected chi connectivity index (χ3v) is 3.48. The van der Waals surface area contributed by atoms with Crippen molar-refractivity contribution in [2.45, 2.75) is 12.8 Å². The zero-order valence-corrected chi connectivity index (χ0v) is 11.4. The van der Waals surface area contributed by atoms with Crippen molar-refractivity contribution in [3.63, 3.8) is 0 Å². The Morgan fingerprint density at radius 1 is 1.00 bits per heavy atom. The van der Waals surface area contributed by atoms with Crippen molar-refractivity contribution < 1.29 is 4.79 Å². The Balaban J connectivity index is 1.79. The molecule has 2 aromatic carbocycles. The van der Waals surface area contributed by atoms with Crippen LogP contribution in [0.5, 0.6) is 0 Å². The number of carbonyl (C=O) groups excluding carboxylic acids is 1. The van der Waals surface area contributed by atoms with E-state index in [2.05, 4.69) is 4.98 Å². The number of hydrogen-bond acceptors (Lipinski definition) is 2. The third-order valence-electron chi connectivity index (χ3n) is 3.48. The molecule has 100 valence electrons. The molecule has 0 aliphatic rings. The number of fused-ring (bicyclic) bond motifs is 1. The summed E-state index contributed by atoms with van der Waals surface area (Å²) in [4.78, 5) is 16.7. The van der Waals surface area contributed by atoms with Gasteiger partial charge < -0.3 is 4.57 Å². The van der Waals surface area contributed by atoms with Crippen LogP contribution in [-0.2, 0) is 24.7 Å². The fraction of sp³-hybridized carbons (Fsp3) is 0.176. The van der Waals surface area contributed by atoms with Crippen LogP contribution in [0.2, 0.25) is 0 Å². The molecule has 1 aromatic heterocycles. The molecule has 0 aliphatic carbocycles. The average Bonchev–Trinajstić information content (AvgIpc) is 2.77. The molecule has 0 spiro atoms. The number of hydrogen-bond donors (Lipinski definition) is 0. The van der Waals surface area contributed by atoms with E-state index in [0.717, 1.165) is 22.4 Å². The van der Waals surface area contributed by atoms with Crippen LogP contribution in [0.15, 0.2) is 54.6 Å². The van der Waals surface area contributed by atoms with Crippen molar-refractivity contribution in [3.05, 3.63) is 66.0 Å². The molecule has 0 atom stereocenters. The molecule has 20 heavy (non-hydrogen) atoms. The summed E-state index contributed by atoms with van der Waals surface area (Å²) in [6.45, 7) is 0. The van der Waals surface area contributed by atoms with Crippen LogP contribution in [0.4, 0.5) is 0 Å². The van der Waals surface area contributed by atoms with Gasteiger partial charge in [-0.25, -0.2) is 4.98 Å². The highest BCUT2D eigenvalue weighted by molar-refractivity contribution is 5.84. The Hall–Kier alpha value is -2.42. The van der Waals surface area contributed by atoms with Crippen LogP contribution < -0.4 is 0 Å². The van der Waals surface area contributed by atoms with Gasteiger partial charge in [0, 0.05) is 13.5 Å². The predicted octanol–water partition coefficient (Wildman–Crippen LogP) is 2.93. The van der Waals surface area contributed by atoms with E-state index in [1.54, 1.807) is 0 Å². The number of rotatable bonds is 4. The third kappa shape index (κ3) is 2.48. The van der Waals surface area contributed by atoms with Crippen LogP contribution in [-0.4, -0.2) is 15.3 Å². The lowest BCUT2D eigenvalue weighted by Gasteiger charge is -2.02. The lowest BCUT2D eigenvalue weighted by molar-refractivity contribution is -0.117. The number of benzene rings is 2. The molecule has 0 saturated carbocycles. The van der Waals surface area contributed by atoms with Crippen LogP contribution in [0.1, 0.15) is 11.4 Å². The maximum absolute atomic E-state index is 12.2. The average molecular weight is 264 g/mol. The summed E-state index contributed by atoms with van der Waals surface area (Å²) in [7, 11) is 1.96. The number of aryl methyl sites for hydroxylation is 1. The molecule has 0 saturated heterocycles. The molecular formula is C17H16N2O. The van der Waals surface area contributed by atoms with Crippen molar-refractivity contribution in [1.82, 2.24) is 9.55 Å². The number of imidazole rings is 1. The minimum Gasteiger partial charge on any atom is -0.331 e. The first-order chi connectivity index (χ1) is 9.74. The lowest BCUT2D eigenvalue weighted by Crippen LogP contribution is -2.10. The van der Waals surface area contributed by atoms with Gasteiger partial charge in [-0.15, -0.1) is 0 Å². The van der Waals surface area contributed by atoms with E-state index < -0.39 is 0 Å². The first kappa shape index (κ1) is 12.6. The topological polar surface area (TPSA) is 34.9 Å². The molecule has 0 unspecified atom stereocenters. The Bertz CT molecular complexity index is 744. The van der Waals surface area contributed by atoms with E-state index in [9.17, 15) is 4.79 Å². The second-order valence-electron chi connectivity index (χ2n) is 4.95. The highest BCUT2D eigenvalue weighted by Gasteiger charge is 2.11. The molecule has 0 N–H and O–H groups in total. The molecule has 1 heterocycles. The summed E-state index contributed by atoms with van der Waals surface area (Å²) in [6.07, 6.45) is 0.837. The lowest BCUT2D eigenvalue weighted by atomic mass is 10.1. The van der Waals surface area contributed by atoms with Gasteiger partial charge in [-0.2, -0.15) is 0 Å². The molecule has 3 nitrogen and oxygen atoms in total. The quantitative estimate of drug-likeness (QED) is 0.726. The van der Waals surface area contributed by atoms with E-state index in [-0.39, 0.29) is 5.78 Å². The van der Waals surface area contributed by atoms with Gasteiger partial charge in [0.15, 0.2) is 0 Å². The molecule has 3 heteroatoms. The van der Waals surface area contributed by atoms with Gasteiger partial charge >= 0.3 is 0 Å². The Morgan fingerprint density at radius 2 is 1.70 bits per heavy atom. The first-order valence-corrected chi connectivity index (χ1v) is 6.70. The maximum atomic E-state index is 12.2. The Labute approximate surface area is 117 Å². The van der Waals surface area contributed by atoms with E-state index in [4.69, 9.17) is 0 Å². The van der Waals surface area contributed by atoms with Gasteiger partial charge in [-0.1, -0.05) is 42.5 Å². The summed E-state index contributed by atoms with van der Waals surface area (Å²) in [6, 6.07) is 17.8. The first-order valence-electron chi connectivity index (χ1n) is 6.70. The zero-order valence-electron chi connectivity index (χ0n) is 11.4. The molecular weight excluding hydrogens is 248 g/mol. The minimum atomic E-state index is 0.189. The summed E-state index contributed by atoms with van der Waals surface area (Å²) in [5, 5.41) is 0. The number of para-hydroxylation sites is 2. The SMILES string of the molecule is Cn1c(CC(=O)Cc2ccccc2)nc2ccccc21. The van der Waals surface area contributed by atoms with E-state index in [0.29, 0.717) is 12.8 Å². The number of aromatic nitrogens is 2. The van der Waals surface area contributed by atoms with Crippen molar-refractivity contribution in [3.8, 4) is 0 Å². The Kier molecular flexibility index (Phi) is 3.33. The minimum absolute atomic E-state index is 0.189. The molecule has 0 fully saturated rings. The van der Waals surface area contributed by atoms with Crippen molar-refractivity contribution in [2.75, 3.05) is 0 Å². The highest BCUT2D eigenvalue weighted by atomic mass is 16.1. The molecule has 0 radical (unpaired) electrons. The largest absolute Gasteiger partial charge is 0.331 e. The van der Waals surface area contributed by atoms with Gasteiger partial charge in [-0.05, 0) is 17.7 Å². The maximum Gasteiger partial charge on any atom is 0.144 e. The smallest absolute Gasteiger partial charge is 0.144 e. The van der Waals surface area contributed by atoms with E-state index in [1.165, 1.54) is 0 Å². The van der Waals surface area contributed by atoms with Crippen LogP contribution in [0.25, 0.3) is 11.0 Å². The van der Waals surface area contributed by atoms with Crippen molar-refractivity contribution in [2.24, 2.45) is 7.05 Å². The monoisotopic (exact) mass is 264 g/mol. The summed E-state index contributed by atoms with van der Waals surface area (Å²) < 4.78 is 2.00. The fourth-order valence-electron chi connectivity index (χ4n) is 2.42. The molecule has 0 aliphatic heterocycles. The van der Waals surface area contributed by atoms with Crippen LogP contribution in [0, 0.1) is 0 Å². The normalized spacial score (nSPS) is 10.8. The summed E-state index contributed by atoms with van der Waals surface area (Å²) >= 11 is 0. The number of Topliss-reactive ketones (excluding diaryl/α,β-unsaturated/α-hetero) is 1. The van der Waals surface area contributed by atoms with Crippen molar-refractivity contribution in [1.29, 1.82) is 0 Å². The molecule has 3 aromatic rings. The molecule has 3 rings (SSSR count). The number of ketones is 1. The van der Waals surface area contributed by atoms with Crippen LogP contribution in [0.3, 0.4) is 0 Å². The van der Waals surface area contributed by atoms with Gasteiger partial charge in [0.05, 0.1) is 17.5 Å². The standard InChI is InChI=1S/C17H16N2O/c1-19-16-10-6-5-9-15(16)18-17(19)12-14(20)11-13-7-3-2-4-8-13/h2-10H,11-12H2,1H3. The number of carbonyl (C=O) groups is 1. The van der Waals surface area contributed by atoms with E-state index >= 15 is 0 Å². The predicted molar refractivity (Wildman–Crippen MR) is 79.6 cm³/mol. The van der Waals surface area contributed by atoms with Gasteiger partial charge in [-0.3, -0.25) is 4.79 Å². The van der Waals surface area contributed by atoms with Gasteiger partial charge in [0.25, 0.3) is 0 Å². The van der Waals surface area contributed by atoms with E-state index in [1.807, 2.05) is 66.2 Å². The molecule has 0 amide bonds. The van der Waals surface area contributed by atoms with Gasteiger partial charge in [0.2, 0.25) is 0 Å².